The van der Waals surface area contributed by atoms with Crippen LogP contribution in [0, 0.1) is 58.0 Å². The van der Waals surface area contributed by atoms with Gasteiger partial charge in [-0.1, -0.05) is 36.1 Å². The van der Waals surface area contributed by atoms with Crippen LogP contribution in [0.4, 0.5) is 28.7 Å². The van der Waals surface area contributed by atoms with Crippen molar-refractivity contribution in [3.63, 3.8) is 0 Å². The molecule has 0 aliphatic carbocycles. The second-order valence-corrected chi connectivity index (χ2v) is 21.9. The molecule has 468 valence electrons. The van der Waals surface area contributed by atoms with Crippen LogP contribution >= 0.6 is 15.9 Å². The van der Waals surface area contributed by atoms with E-state index < -0.39 is 58.6 Å². The largest absolute Gasteiger partial charge is 1.00 e. The van der Waals surface area contributed by atoms with Crippen LogP contribution in [-0.2, 0) is 59.4 Å². The zero-order chi connectivity index (χ0) is 65.6. The molecule has 0 bridgehead atoms. The molecule has 2 atom stereocenters. The van der Waals surface area contributed by atoms with Crippen molar-refractivity contribution in [2.45, 2.75) is 131 Å². The number of piperidine rings is 2. The van der Waals surface area contributed by atoms with Crippen molar-refractivity contribution in [3.8, 4) is 35.8 Å². The van der Waals surface area contributed by atoms with E-state index >= 15 is 0 Å². The Balaban J connectivity index is 0.000000699. The summed E-state index contributed by atoms with van der Waals surface area (Å²) in [5, 5.41) is 36.0. The maximum Gasteiger partial charge on any atom is 1.00 e. The number of carbonyl (C=O) groups is 3. The molecule has 25 nitrogen and oxygen atoms in total. The van der Waals surface area contributed by atoms with E-state index in [1.165, 1.54) is 47.5 Å². The number of halogens is 4. The Kier molecular flexibility index (Phi) is 32.5. The molecule has 0 unspecified atom stereocenters. The maximum atomic E-state index is 14.2. The summed E-state index contributed by atoms with van der Waals surface area (Å²) in [6.45, 7) is 16.9. The first kappa shape index (κ1) is 77.4. The van der Waals surface area contributed by atoms with Gasteiger partial charge in [-0.3, -0.25) is 41.6 Å². The molecular formula is C58H70BrF3K2N14O11. The minimum absolute atomic E-state index is 0. The van der Waals surface area contributed by atoms with E-state index in [0.29, 0.717) is 23.8 Å². The molecule has 2 fully saturated rings. The number of nitrogens with zero attached hydrogens (tertiary/aromatic N) is 11. The molecule has 6 heterocycles. The number of nitriles is 2. The molecule has 8 rings (SSSR count). The molecule has 0 radical (unpaired) electrons. The molecule has 2 aliphatic heterocycles. The second kappa shape index (κ2) is 37.4. The number of carbonyl (C=O) groups excluding carboxylic acids is 3. The van der Waals surface area contributed by atoms with E-state index in [0.717, 1.165) is 60.0 Å². The van der Waals surface area contributed by atoms with Gasteiger partial charge >= 0.3 is 126 Å². The predicted octanol–water partition coefficient (Wildman–Crippen LogP) is -1.38. The fourth-order valence-corrected chi connectivity index (χ4v) is 9.50. The third-order valence-corrected chi connectivity index (χ3v) is 13.4. The van der Waals surface area contributed by atoms with Crippen LogP contribution in [0.3, 0.4) is 0 Å². The Morgan fingerprint density at radius 1 is 0.787 bits per heavy atom. The number of nitrogens with one attached hydrogen (secondary N) is 3. The average molecular weight is 1360 g/mol. The van der Waals surface area contributed by atoms with Crippen molar-refractivity contribution in [2.75, 3.05) is 38.2 Å². The van der Waals surface area contributed by atoms with Gasteiger partial charge in [-0.25, -0.2) is 32.9 Å². The van der Waals surface area contributed by atoms with Gasteiger partial charge in [0.05, 0.1) is 45.8 Å². The first-order valence-corrected chi connectivity index (χ1v) is 27.7. The van der Waals surface area contributed by atoms with Crippen LogP contribution in [0.25, 0.3) is 22.3 Å². The summed E-state index contributed by atoms with van der Waals surface area (Å²) in [6, 6.07) is 11.8. The van der Waals surface area contributed by atoms with Crippen molar-refractivity contribution >= 4 is 62.9 Å². The maximum absolute atomic E-state index is 14.2. The molecule has 89 heavy (non-hydrogen) atoms. The van der Waals surface area contributed by atoms with Crippen LogP contribution in [0.2, 0.25) is 0 Å². The first-order valence-electron chi connectivity index (χ1n) is 27.6. The Hall–Kier alpha value is -5.89. The third-order valence-electron chi connectivity index (χ3n) is 12.8. The van der Waals surface area contributed by atoms with E-state index in [9.17, 15) is 52.5 Å². The summed E-state index contributed by atoms with van der Waals surface area (Å²) < 4.78 is 62.2. The number of alkyl halides is 1. The van der Waals surface area contributed by atoms with Crippen LogP contribution in [0.5, 0.6) is 0 Å². The second-order valence-electron chi connectivity index (χ2n) is 21.2. The van der Waals surface area contributed by atoms with Crippen molar-refractivity contribution in [2.24, 2.45) is 14.1 Å². The van der Waals surface area contributed by atoms with Crippen molar-refractivity contribution in [3.05, 3.63) is 117 Å². The molecule has 2 aromatic carbocycles. The number of benzene rings is 2. The predicted molar refractivity (Wildman–Crippen MR) is 319 cm³/mol. The third kappa shape index (κ3) is 21.9. The summed E-state index contributed by atoms with van der Waals surface area (Å²) in [5.74, 6) is 10.4. The van der Waals surface area contributed by atoms with Crippen LogP contribution in [0.15, 0.2) is 60.3 Å². The van der Waals surface area contributed by atoms with Crippen LogP contribution in [-0.4, -0.2) is 113 Å². The Labute approximate surface area is 608 Å². The monoisotopic (exact) mass is 1350 g/mol. The number of amides is 2. The zero-order valence-electron chi connectivity index (χ0n) is 53.8. The van der Waals surface area contributed by atoms with Crippen molar-refractivity contribution < 1.29 is 153 Å². The fraction of sp³-hybridized carbons (Fsp3) is 0.466. The molecule has 31 heteroatoms. The summed E-state index contributed by atoms with van der Waals surface area (Å²) in [4.78, 5) is 98.7. The standard InChI is InChI=1S/C28H32FN7O4.C18H13BrFN5O2.C10H20N2O2.CH3F.CH2O3.2K.H/c1-6-7-14-35-22-23(32-25(35)34-13-9-11-19(17-34)31-26(38)40-28(2,3)4)33(5)27(39)36(24(22)37)16-18-10-8-12-21(29)20(18)15-30;1-3-4-8-24-14-15(22-17(24)19)23(2)18(27)25(16(14)26)10-11-6-5-7-13(20)12(11)9-21;1-10(2,3)14-9(13)12-8-5-4-6-11-7-8;1-2;2-1-4-3;;;/h8,10,12,19H,9,11,13-14,16-17H2,1-5H3,(H,31,38);5-7H,8,10H2,1-2H3;8,11H,4-7H2,1-3H3,(H,12,13);1H3;1,3H;;;/q;;;;;2*+1;-1/p-1/t19-;;8-;;;;;/m1.1...../s1/i;;;1D;;;;. The Bertz CT molecular complexity index is 3950. The quantitative estimate of drug-likeness (QED) is 0.0355. The van der Waals surface area contributed by atoms with Crippen LogP contribution < -0.4 is 151 Å². The van der Waals surface area contributed by atoms with Gasteiger partial charge in [0, 0.05) is 45.8 Å². The summed E-state index contributed by atoms with van der Waals surface area (Å²) >= 11 is 3.28. The SMILES string of the molecule is CC#CCn1c(Br)nc2c1c(=O)n(Cc1cccc(F)c1C#N)c(=O)n2C.CC#CCn1c(N2CCC[C@@H](NC(=O)OC(C)(C)C)C2)nc2c1c(=O)n(Cc1cccc(F)c1C#N)c(=O)n2C.CC(C)(C)OC(=O)N[C@@H]1CCCNC1.O=CO[O-].[2H]CF.[H-].[K+].[K+]. The van der Waals surface area contributed by atoms with E-state index in [-0.39, 0.29) is 200 Å². The summed E-state index contributed by atoms with van der Waals surface area (Å²) in [5.41, 5.74) is -2.71. The van der Waals surface area contributed by atoms with Gasteiger partial charge < -0.3 is 46.5 Å². The summed E-state index contributed by atoms with van der Waals surface area (Å²) in [7, 11) is 2.00. The molecule has 0 spiro atoms. The smallest absolute Gasteiger partial charge is 1.00 e. The van der Waals surface area contributed by atoms with Gasteiger partial charge in [0.15, 0.2) is 27.1 Å². The number of anilines is 1. The average Bonchev–Trinajstić information content (AvgIpc) is 1.71. The number of fused-ring (bicyclic) bond motifs is 2. The van der Waals surface area contributed by atoms with Gasteiger partial charge in [-0.05, 0) is 127 Å². The minimum Gasteiger partial charge on any atom is -1.00 e. The minimum atomic E-state index is -1.00. The molecule has 0 saturated carbocycles. The van der Waals surface area contributed by atoms with Crippen molar-refractivity contribution in [1.29, 1.82) is 10.5 Å². The molecule has 4 aromatic heterocycles. The van der Waals surface area contributed by atoms with Gasteiger partial charge in [0.1, 0.15) is 35.0 Å². The molecule has 2 amide bonds. The number of aryl methyl sites for hydroxylation is 2. The number of ether oxygens (including phenoxy) is 2. The van der Waals surface area contributed by atoms with Gasteiger partial charge in [0.2, 0.25) is 5.95 Å². The Morgan fingerprint density at radius 2 is 1.22 bits per heavy atom. The van der Waals surface area contributed by atoms with Crippen molar-refractivity contribution in [1.82, 2.24) is 53.3 Å². The molecular weight excluding hydrogens is 1280 g/mol. The number of rotatable bonds is 10. The van der Waals surface area contributed by atoms with E-state index in [1.54, 1.807) is 49.8 Å². The molecule has 3 N–H and O–H groups in total. The normalized spacial score (nSPS) is 14.1. The summed E-state index contributed by atoms with van der Waals surface area (Å²) in [6.07, 6.45) is 2.82. The van der Waals surface area contributed by atoms with E-state index in [1.807, 2.05) is 31.7 Å². The number of hydrogen-bond acceptors (Lipinski definition) is 17. The zero-order valence-corrected chi connectivity index (χ0v) is 59.6. The number of alkyl carbamates (subject to hydrolysis) is 2. The van der Waals surface area contributed by atoms with Gasteiger partial charge in [-0.2, -0.15) is 15.5 Å². The fourth-order valence-electron chi connectivity index (χ4n) is 9.03. The van der Waals surface area contributed by atoms with E-state index in [2.05, 4.69) is 65.4 Å². The van der Waals surface area contributed by atoms with Gasteiger partial charge in [0.25, 0.3) is 17.6 Å². The number of imidazole rings is 2. The topological polar surface area (TPSA) is 313 Å². The first-order chi connectivity index (χ1) is 41.6. The molecule has 2 aliphatic rings. The molecule has 2 saturated heterocycles. The van der Waals surface area contributed by atoms with E-state index in [4.69, 9.17) is 25.9 Å². The number of aromatic nitrogens is 8. The Morgan fingerprint density at radius 3 is 1.65 bits per heavy atom. The van der Waals surface area contributed by atoms with Gasteiger partial charge in [-0.15, -0.1) is 11.8 Å². The molecule has 6 aromatic rings. The van der Waals surface area contributed by atoms with Crippen LogP contribution in [0.1, 0.15) is 106 Å². The number of hydrogen-bond donors (Lipinski definition) is 3.